The zero-order chi connectivity index (χ0) is 18.0. The van der Waals surface area contributed by atoms with E-state index in [1.165, 1.54) is 11.1 Å². The molecule has 25 heavy (non-hydrogen) atoms. The minimum atomic E-state index is -1.01. The van der Waals surface area contributed by atoms with Crippen LogP contribution in [-0.4, -0.2) is 11.1 Å². The maximum Gasteiger partial charge on any atom is 0.337 e. The van der Waals surface area contributed by atoms with E-state index >= 15 is 0 Å². The van der Waals surface area contributed by atoms with Gasteiger partial charge in [-0.1, -0.05) is 65.7 Å². The summed E-state index contributed by atoms with van der Waals surface area (Å²) in [6, 6.07) is 21.9. The Kier molecular flexibility index (Phi) is 4.57. The van der Waals surface area contributed by atoms with Crippen LogP contribution < -0.4 is 5.73 Å². The van der Waals surface area contributed by atoms with Gasteiger partial charge in [0.05, 0.1) is 5.56 Å². The molecule has 3 nitrogen and oxygen atoms in total. The van der Waals surface area contributed by atoms with Crippen molar-refractivity contribution in [2.24, 2.45) is 0 Å². The number of carboxylic acid groups (broad SMARTS) is 1. The third-order valence-corrected chi connectivity index (χ3v) is 4.46. The standard InChI is InChI=1S/C22H21NO2/c1-14-3-7-16(8-4-14)21(17-9-5-15(2)6-10-17)18-11-12-20(23)19(13-18)22(24)25/h3-13,21H,23H2,1-2H3,(H,24,25). The lowest BCUT2D eigenvalue weighted by Crippen LogP contribution is -2.08. The number of hydrogen-bond acceptors (Lipinski definition) is 2. The van der Waals surface area contributed by atoms with E-state index in [2.05, 4.69) is 62.4 Å². The molecule has 3 rings (SSSR count). The molecule has 0 atom stereocenters. The molecule has 0 bridgehead atoms. The van der Waals surface area contributed by atoms with Gasteiger partial charge in [0.1, 0.15) is 0 Å². The predicted octanol–water partition coefficient (Wildman–Crippen LogP) is 4.76. The van der Waals surface area contributed by atoms with E-state index in [1.54, 1.807) is 12.1 Å². The number of rotatable bonds is 4. The monoisotopic (exact) mass is 331 g/mol. The van der Waals surface area contributed by atoms with Crippen LogP contribution in [-0.2, 0) is 0 Å². The van der Waals surface area contributed by atoms with E-state index in [0.29, 0.717) is 0 Å². The summed E-state index contributed by atoms with van der Waals surface area (Å²) in [5.41, 5.74) is 11.8. The molecule has 3 heteroatoms. The molecular weight excluding hydrogens is 310 g/mol. The van der Waals surface area contributed by atoms with Gasteiger partial charge in [0.25, 0.3) is 0 Å². The summed E-state index contributed by atoms with van der Waals surface area (Å²) in [4.78, 5) is 11.5. The molecule has 0 fully saturated rings. The molecule has 0 saturated heterocycles. The Hall–Kier alpha value is -3.07. The van der Waals surface area contributed by atoms with Gasteiger partial charge >= 0.3 is 5.97 Å². The van der Waals surface area contributed by atoms with Crippen molar-refractivity contribution in [1.29, 1.82) is 0 Å². The van der Waals surface area contributed by atoms with Crippen LogP contribution in [0.15, 0.2) is 66.7 Å². The highest BCUT2D eigenvalue weighted by atomic mass is 16.4. The van der Waals surface area contributed by atoms with Crippen LogP contribution in [0.5, 0.6) is 0 Å². The molecule has 0 amide bonds. The molecule has 0 aliphatic rings. The van der Waals surface area contributed by atoms with Crippen LogP contribution in [0.4, 0.5) is 5.69 Å². The first-order valence-corrected chi connectivity index (χ1v) is 8.21. The average Bonchev–Trinajstić information content (AvgIpc) is 2.59. The van der Waals surface area contributed by atoms with Crippen molar-refractivity contribution in [3.63, 3.8) is 0 Å². The van der Waals surface area contributed by atoms with Crippen molar-refractivity contribution in [3.8, 4) is 0 Å². The van der Waals surface area contributed by atoms with Crippen LogP contribution in [0.25, 0.3) is 0 Å². The van der Waals surface area contributed by atoms with Gasteiger partial charge in [0.15, 0.2) is 0 Å². The zero-order valence-electron chi connectivity index (χ0n) is 14.4. The van der Waals surface area contributed by atoms with Gasteiger partial charge in [-0.2, -0.15) is 0 Å². The lowest BCUT2D eigenvalue weighted by molar-refractivity contribution is 0.0698. The van der Waals surface area contributed by atoms with Crippen molar-refractivity contribution in [2.75, 3.05) is 5.73 Å². The molecule has 0 unspecified atom stereocenters. The van der Waals surface area contributed by atoms with Crippen LogP contribution in [0.3, 0.4) is 0 Å². The second-order valence-corrected chi connectivity index (χ2v) is 6.41. The van der Waals surface area contributed by atoms with Crippen LogP contribution in [0, 0.1) is 13.8 Å². The topological polar surface area (TPSA) is 63.3 Å². The smallest absolute Gasteiger partial charge is 0.337 e. The molecule has 126 valence electrons. The maximum absolute atomic E-state index is 11.5. The molecule has 0 aromatic heterocycles. The van der Waals surface area contributed by atoms with Crippen molar-refractivity contribution in [1.82, 2.24) is 0 Å². The molecule has 3 aromatic rings. The van der Waals surface area contributed by atoms with Gasteiger partial charge in [-0.3, -0.25) is 0 Å². The largest absolute Gasteiger partial charge is 0.478 e. The SMILES string of the molecule is Cc1ccc(C(c2ccc(C)cc2)c2ccc(N)c(C(=O)O)c2)cc1. The first kappa shape index (κ1) is 16.8. The van der Waals surface area contributed by atoms with E-state index in [0.717, 1.165) is 16.7 Å². The number of aryl methyl sites for hydroxylation is 2. The fourth-order valence-electron chi connectivity index (χ4n) is 3.03. The van der Waals surface area contributed by atoms with Gasteiger partial charge in [-0.05, 0) is 42.7 Å². The number of nitrogen functional groups attached to an aromatic ring is 1. The molecule has 0 spiro atoms. The minimum absolute atomic E-state index is 0.0418. The lowest BCUT2D eigenvalue weighted by Gasteiger charge is -2.20. The minimum Gasteiger partial charge on any atom is -0.478 e. The van der Waals surface area contributed by atoms with E-state index < -0.39 is 5.97 Å². The average molecular weight is 331 g/mol. The number of nitrogens with two attached hydrogens (primary N) is 1. The highest BCUT2D eigenvalue weighted by Gasteiger charge is 2.19. The lowest BCUT2D eigenvalue weighted by atomic mass is 9.84. The Morgan fingerprint density at radius 3 is 1.68 bits per heavy atom. The van der Waals surface area contributed by atoms with E-state index in [4.69, 9.17) is 5.73 Å². The molecule has 3 N–H and O–H groups in total. The second-order valence-electron chi connectivity index (χ2n) is 6.41. The van der Waals surface area contributed by atoms with E-state index in [-0.39, 0.29) is 17.2 Å². The number of carbonyl (C=O) groups is 1. The molecule has 3 aromatic carbocycles. The van der Waals surface area contributed by atoms with Crippen molar-refractivity contribution in [2.45, 2.75) is 19.8 Å². The zero-order valence-corrected chi connectivity index (χ0v) is 14.4. The fourth-order valence-corrected chi connectivity index (χ4v) is 3.03. The normalized spacial score (nSPS) is 10.8. The Morgan fingerprint density at radius 1 is 0.800 bits per heavy atom. The highest BCUT2D eigenvalue weighted by molar-refractivity contribution is 5.93. The first-order valence-electron chi connectivity index (χ1n) is 8.21. The van der Waals surface area contributed by atoms with Crippen LogP contribution in [0.2, 0.25) is 0 Å². The summed E-state index contributed by atoms with van der Waals surface area (Å²) in [5, 5.41) is 9.41. The molecule has 0 saturated carbocycles. The van der Waals surface area contributed by atoms with Crippen molar-refractivity contribution >= 4 is 11.7 Å². The summed E-state index contributed by atoms with van der Waals surface area (Å²) >= 11 is 0. The summed E-state index contributed by atoms with van der Waals surface area (Å²) in [5.74, 6) is -1.05. The number of hydrogen-bond donors (Lipinski definition) is 2. The van der Waals surface area contributed by atoms with Gasteiger partial charge in [-0.15, -0.1) is 0 Å². The number of anilines is 1. The van der Waals surface area contributed by atoms with Gasteiger partial charge in [0, 0.05) is 11.6 Å². The Bertz CT molecular complexity index is 851. The van der Waals surface area contributed by atoms with Crippen LogP contribution in [0.1, 0.15) is 44.1 Å². The third-order valence-electron chi connectivity index (χ3n) is 4.46. The molecular formula is C22H21NO2. The van der Waals surface area contributed by atoms with E-state index in [9.17, 15) is 9.90 Å². The fraction of sp³-hybridized carbons (Fsp3) is 0.136. The summed E-state index contributed by atoms with van der Waals surface area (Å²) < 4.78 is 0. The quantitative estimate of drug-likeness (QED) is 0.535. The Labute approximate surface area is 147 Å². The van der Waals surface area contributed by atoms with E-state index in [1.807, 2.05) is 6.07 Å². The Morgan fingerprint density at radius 2 is 1.24 bits per heavy atom. The number of aromatic carboxylic acids is 1. The van der Waals surface area contributed by atoms with Crippen LogP contribution >= 0.6 is 0 Å². The second kappa shape index (κ2) is 6.81. The molecule has 0 aliphatic heterocycles. The predicted molar refractivity (Wildman–Crippen MR) is 101 cm³/mol. The van der Waals surface area contributed by atoms with Crippen molar-refractivity contribution < 1.29 is 9.90 Å². The third kappa shape index (κ3) is 3.56. The van der Waals surface area contributed by atoms with Gasteiger partial charge in [-0.25, -0.2) is 4.79 Å². The van der Waals surface area contributed by atoms with Crippen molar-refractivity contribution in [3.05, 3.63) is 100 Å². The van der Waals surface area contributed by atoms with Gasteiger partial charge < -0.3 is 10.8 Å². The van der Waals surface area contributed by atoms with Gasteiger partial charge in [0.2, 0.25) is 0 Å². The molecule has 0 heterocycles. The number of carboxylic acids is 1. The maximum atomic E-state index is 11.5. The molecule has 0 aliphatic carbocycles. The summed E-state index contributed by atoms with van der Waals surface area (Å²) in [6.07, 6.45) is 0. The highest BCUT2D eigenvalue weighted by Crippen LogP contribution is 2.33. The summed E-state index contributed by atoms with van der Waals surface area (Å²) in [6.45, 7) is 4.10. The first-order chi connectivity index (χ1) is 12.0. The molecule has 0 radical (unpaired) electrons. The Balaban J connectivity index is 2.17. The summed E-state index contributed by atoms with van der Waals surface area (Å²) in [7, 11) is 0. The number of benzene rings is 3.